The van der Waals surface area contributed by atoms with Crippen LogP contribution in [0.3, 0.4) is 0 Å². The number of aromatic nitrogens is 5. The zero-order valence-electron chi connectivity index (χ0n) is 17.8. The van der Waals surface area contributed by atoms with E-state index >= 15 is 0 Å². The lowest BCUT2D eigenvalue weighted by Gasteiger charge is -2.04. The highest BCUT2D eigenvalue weighted by Gasteiger charge is 2.19. The molecule has 0 aliphatic carbocycles. The second-order valence-electron chi connectivity index (χ2n) is 7.30. The fraction of sp³-hybridized carbons (Fsp3) is 0.136. The number of anilines is 1. The Bertz CT molecular complexity index is 1570. The summed E-state index contributed by atoms with van der Waals surface area (Å²) in [6.45, 7) is 1.96. The maximum absolute atomic E-state index is 12.9. The lowest BCUT2D eigenvalue weighted by Crippen LogP contribution is -2.12. The summed E-state index contributed by atoms with van der Waals surface area (Å²) in [6.07, 6.45) is 3.43. The molecular weight excluding hydrogens is 464 g/mol. The molecule has 5 aromatic rings. The smallest absolute Gasteiger partial charge is 0.349 e. The molecule has 4 heterocycles. The van der Waals surface area contributed by atoms with Crippen LogP contribution in [-0.2, 0) is 11.8 Å². The predicted octanol–water partition coefficient (Wildman–Crippen LogP) is 4.35. The number of ether oxygens (including phenoxy) is 1. The van der Waals surface area contributed by atoms with Crippen molar-refractivity contribution in [3.8, 4) is 11.3 Å². The second kappa shape index (κ2) is 7.98. The number of carbonyl (C=O) groups is 2. The molecule has 0 saturated carbocycles. The minimum Gasteiger partial charge on any atom is -0.465 e. The van der Waals surface area contributed by atoms with Gasteiger partial charge in [0, 0.05) is 46.3 Å². The van der Waals surface area contributed by atoms with Crippen LogP contribution in [-0.4, -0.2) is 43.4 Å². The Morgan fingerprint density at radius 1 is 1.21 bits per heavy atom. The van der Waals surface area contributed by atoms with Crippen molar-refractivity contribution in [3.63, 3.8) is 0 Å². The number of aryl methyl sites for hydroxylation is 1. The van der Waals surface area contributed by atoms with Crippen LogP contribution in [0.1, 0.15) is 25.9 Å². The molecule has 0 atom stereocenters. The van der Waals surface area contributed by atoms with E-state index in [4.69, 9.17) is 16.3 Å². The van der Waals surface area contributed by atoms with Crippen molar-refractivity contribution < 1.29 is 14.3 Å². The minimum atomic E-state index is -0.497. The average Bonchev–Trinajstić information content (AvgIpc) is 3.49. The summed E-state index contributed by atoms with van der Waals surface area (Å²) in [5.41, 5.74) is 3.98. The number of thiophene rings is 1. The third-order valence-corrected chi connectivity index (χ3v) is 7.00. The van der Waals surface area contributed by atoms with Crippen molar-refractivity contribution in [2.45, 2.75) is 6.92 Å². The molecule has 166 valence electrons. The molecule has 1 amide bonds. The number of fused-ring (bicyclic) bond motifs is 2. The van der Waals surface area contributed by atoms with Crippen LogP contribution >= 0.6 is 22.9 Å². The van der Waals surface area contributed by atoms with Gasteiger partial charge in [-0.2, -0.15) is 10.2 Å². The lowest BCUT2D eigenvalue weighted by atomic mass is 10.2. The van der Waals surface area contributed by atoms with Crippen LogP contribution in [0.4, 0.5) is 5.69 Å². The Morgan fingerprint density at radius 2 is 2.03 bits per heavy atom. The maximum atomic E-state index is 12.9. The Hall–Kier alpha value is -3.76. The van der Waals surface area contributed by atoms with E-state index in [1.54, 1.807) is 45.9 Å². The van der Waals surface area contributed by atoms with Crippen molar-refractivity contribution in [1.29, 1.82) is 0 Å². The van der Waals surface area contributed by atoms with Crippen molar-refractivity contribution >= 4 is 56.2 Å². The van der Waals surface area contributed by atoms with E-state index in [1.807, 2.05) is 20.0 Å². The molecule has 0 aliphatic rings. The first-order valence-corrected chi connectivity index (χ1v) is 11.0. The van der Waals surface area contributed by atoms with Gasteiger partial charge in [0.2, 0.25) is 0 Å². The summed E-state index contributed by atoms with van der Waals surface area (Å²) in [4.78, 5) is 29.5. The van der Waals surface area contributed by atoms with E-state index in [1.165, 1.54) is 18.4 Å². The molecular formula is C22H17ClN6O3S. The number of halogens is 1. The Kier molecular flexibility index (Phi) is 5.10. The van der Waals surface area contributed by atoms with Crippen molar-refractivity contribution in [1.82, 2.24) is 24.4 Å². The van der Waals surface area contributed by atoms with Crippen molar-refractivity contribution in [2.75, 3.05) is 12.4 Å². The monoisotopic (exact) mass is 480 g/mol. The number of rotatable bonds is 4. The summed E-state index contributed by atoms with van der Waals surface area (Å²) in [5, 5.41) is 12.7. The van der Waals surface area contributed by atoms with Crippen LogP contribution < -0.4 is 5.32 Å². The van der Waals surface area contributed by atoms with E-state index in [-0.39, 0.29) is 11.6 Å². The van der Waals surface area contributed by atoms with Crippen LogP contribution in [0.15, 0.2) is 42.7 Å². The van der Waals surface area contributed by atoms with Gasteiger partial charge in [0.25, 0.3) is 5.91 Å². The largest absolute Gasteiger partial charge is 0.465 e. The van der Waals surface area contributed by atoms with Gasteiger partial charge >= 0.3 is 5.97 Å². The van der Waals surface area contributed by atoms with Crippen molar-refractivity contribution in [3.05, 3.63) is 64.0 Å². The molecule has 0 unspecified atom stereocenters. The summed E-state index contributed by atoms with van der Waals surface area (Å²) in [6, 6.07) is 8.69. The summed E-state index contributed by atoms with van der Waals surface area (Å²) in [5.74, 6) is -0.881. The fourth-order valence-corrected chi connectivity index (χ4v) is 4.99. The number of amides is 1. The molecule has 0 saturated heterocycles. The number of carbonyl (C=O) groups excluding carboxylic acids is 2. The normalized spacial score (nSPS) is 11.3. The summed E-state index contributed by atoms with van der Waals surface area (Å²) in [7, 11) is 3.17. The molecule has 11 heteroatoms. The minimum absolute atomic E-state index is 0.219. The molecule has 5 rings (SSSR count). The molecule has 0 fully saturated rings. The number of methoxy groups -OCH3 is 1. The van der Waals surface area contributed by atoms with E-state index < -0.39 is 5.97 Å². The highest BCUT2D eigenvalue weighted by atomic mass is 35.5. The number of nitrogens with zero attached hydrogens (tertiary/aromatic N) is 5. The van der Waals surface area contributed by atoms with Gasteiger partial charge in [-0.3, -0.25) is 9.48 Å². The lowest BCUT2D eigenvalue weighted by molar-refractivity contribution is 0.0606. The topological polar surface area (TPSA) is 103 Å². The van der Waals surface area contributed by atoms with E-state index in [0.717, 1.165) is 21.7 Å². The maximum Gasteiger partial charge on any atom is 0.349 e. The zero-order valence-corrected chi connectivity index (χ0v) is 19.4. The van der Waals surface area contributed by atoms with Gasteiger partial charge in [0.15, 0.2) is 11.3 Å². The van der Waals surface area contributed by atoms with Gasteiger partial charge in [-0.25, -0.2) is 14.3 Å². The number of hydrogen-bond donors (Lipinski definition) is 1. The molecule has 9 nitrogen and oxygen atoms in total. The third-order valence-electron chi connectivity index (χ3n) is 5.36. The third kappa shape index (κ3) is 3.53. The molecule has 1 aromatic carbocycles. The van der Waals surface area contributed by atoms with E-state index in [9.17, 15) is 9.59 Å². The molecule has 4 aromatic heterocycles. The van der Waals surface area contributed by atoms with Crippen LogP contribution in [0.5, 0.6) is 0 Å². The first-order chi connectivity index (χ1) is 15.9. The Labute approximate surface area is 196 Å². The fourth-order valence-electron chi connectivity index (χ4n) is 3.52. The first-order valence-electron chi connectivity index (χ1n) is 9.83. The van der Waals surface area contributed by atoms with Crippen LogP contribution in [0, 0.1) is 6.92 Å². The highest BCUT2D eigenvalue weighted by Crippen LogP contribution is 2.37. The molecule has 33 heavy (non-hydrogen) atoms. The van der Waals surface area contributed by atoms with E-state index in [2.05, 4.69) is 20.5 Å². The van der Waals surface area contributed by atoms with Gasteiger partial charge in [0.05, 0.1) is 24.0 Å². The van der Waals surface area contributed by atoms with Crippen LogP contribution in [0.25, 0.3) is 27.0 Å². The highest BCUT2D eigenvalue weighted by molar-refractivity contribution is 7.21. The van der Waals surface area contributed by atoms with E-state index in [0.29, 0.717) is 26.6 Å². The number of esters is 1. The molecule has 0 aliphatic heterocycles. The van der Waals surface area contributed by atoms with Gasteiger partial charge in [-0.05, 0) is 31.2 Å². The standard InChI is InChI=1S/C22H17ClN6O3S/c1-11-14(10-25-28(11)2)16-6-7-24-18-9-15(27-29(16)18)21(30)26-12-4-5-13-17(8-12)33-20(19(13)23)22(31)32-3/h4-10H,1-3H3,(H,26,30). The predicted molar refractivity (Wildman–Crippen MR) is 126 cm³/mol. The van der Waals surface area contributed by atoms with Crippen LogP contribution in [0.2, 0.25) is 5.02 Å². The Morgan fingerprint density at radius 3 is 2.76 bits per heavy atom. The second-order valence-corrected chi connectivity index (χ2v) is 8.73. The molecule has 0 spiro atoms. The SMILES string of the molecule is COC(=O)c1sc2cc(NC(=O)c3cc4nccc(-c5cnn(C)c5C)n4n3)ccc2c1Cl. The number of benzene rings is 1. The number of hydrogen-bond acceptors (Lipinski definition) is 7. The molecule has 0 radical (unpaired) electrons. The zero-order chi connectivity index (χ0) is 23.3. The van der Waals surface area contributed by atoms with Gasteiger partial charge in [-0.15, -0.1) is 11.3 Å². The number of nitrogens with one attached hydrogen (secondary N) is 1. The molecule has 0 bridgehead atoms. The van der Waals surface area contributed by atoms with Crippen molar-refractivity contribution in [2.24, 2.45) is 7.05 Å². The molecule has 1 N–H and O–H groups in total. The average molecular weight is 481 g/mol. The van der Waals surface area contributed by atoms with Gasteiger partial charge in [0.1, 0.15) is 4.88 Å². The summed E-state index contributed by atoms with van der Waals surface area (Å²) >= 11 is 7.51. The summed E-state index contributed by atoms with van der Waals surface area (Å²) < 4.78 is 8.93. The Balaban J connectivity index is 1.47. The van der Waals surface area contributed by atoms with Gasteiger partial charge in [-0.1, -0.05) is 11.6 Å². The van der Waals surface area contributed by atoms with Gasteiger partial charge < -0.3 is 10.1 Å². The quantitative estimate of drug-likeness (QED) is 0.384. The first kappa shape index (κ1) is 21.1.